The predicted molar refractivity (Wildman–Crippen MR) is 82.3 cm³/mol. The van der Waals surface area contributed by atoms with Crippen molar-refractivity contribution in [1.82, 2.24) is 9.97 Å². The van der Waals surface area contributed by atoms with Gasteiger partial charge >= 0.3 is 0 Å². The van der Waals surface area contributed by atoms with Crippen LogP contribution in [0.1, 0.15) is 25.2 Å². The molecule has 0 aliphatic heterocycles. The van der Waals surface area contributed by atoms with Crippen molar-refractivity contribution in [2.45, 2.75) is 19.3 Å². The first-order chi connectivity index (χ1) is 9.48. The van der Waals surface area contributed by atoms with Gasteiger partial charge in [-0.15, -0.1) is 0 Å². The number of benzene rings is 2. The van der Waals surface area contributed by atoms with Crippen LogP contribution in [0.4, 0.5) is 4.39 Å². The third-order valence-electron chi connectivity index (χ3n) is 3.61. The Bertz CT molecular complexity index is 724. The van der Waals surface area contributed by atoms with Gasteiger partial charge in [0.2, 0.25) is 0 Å². The molecule has 1 heterocycles. The first kappa shape index (κ1) is 13.3. The summed E-state index contributed by atoms with van der Waals surface area (Å²) in [4.78, 5) is 7.84. The lowest BCUT2D eigenvalue weighted by molar-refractivity contribution is 0.601. The summed E-state index contributed by atoms with van der Waals surface area (Å²) in [5.41, 5.74) is 2.38. The Balaban J connectivity index is 2.15. The molecule has 3 rings (SSSR count). The molecule has 3 aromatic rings. The van der Waals surface area contributed by atoms with E-state index in [1.165, 1.54) is 11.6 Å². The van der Waals surface area contributed by atoms with E-state index >= 15 is 0 Å². The van der Waals surface area contributed by atoms with Crippen molar-refractivity contribution in [3.63, 3.8) is 0 Å². The van der Waals surface area contributed by atoms with Gasteiger partial charge in [-0.3, -0.25) is 0 Å². The zero-order valence-electron chi connectivity index (χ0n) is 11.2. The van der Waals surface area contributed by atoms with Crippen LogP contribution in [0.15, 0.2) is 46.9 Å². The molecule has 1 N–H and O–H groups in total. The highest BCUT2D eigenvalue weighted by Crippen LogP contribution is 2.31. The fourth-order valence-electron chi connectivity index (χ4n) is 2.29. The van der Waals surface area contributed by atoms with Gasteiger partial charge in [0.1, 0.15) is 11.6 Å². The second-order valence-corrected chi connectivity index (χ2v) is 6.21. The Morgan fingerprint density at radius 3 is 2.55 bits per heavy atom. The molecule has 0 saturated heterocycles. The highest BCUT2D eigenvalue weighted by molar-refractivity contribution is 9.10. The molecule has 4 heteroatoms. The number of aromatic nitrogens is 2. The van der Waals surface area contributed by atoms with Crippen molar-refractivity contribution in [3.8, 4) is 0 Å². The molecule has 0 amide bonds. The number of hydrogen-bond donors (Lipinski definition) is 1. The van der Waals surface area contributed by atoms with E-state index in [0.29, 0.717) is 9.99 Å². The van der Waals surface area contributed by atoms with Crippen molar-refractivity contribution in [1.29, 1.82) is 0 Å². The van der Waals surface area contributed by atoms with Crippen molar-refractivity contribution in [3.05, 3.63) is 64.1 Å². The Labute approximate surface area is 125 Å². The van der Waals surface area contributed by atoms with Crippen LogP contribution in [0.3, 0.4) is 0 Å². The van der Waals surface area contributed by atoms with Crippen LogP contribution in [0.25, 0.3) is 11.0 Å². The van der Waals surface area contributed by atoms with Gasteiger partial charge in [0.25, 0.3) is 0 Å². The largest absolute Gasteiger partial charge is 0.341 e. The Morgan fingerprint density at radius 1 is 1.15 bits per heavy atom. The standard InChI is InChI=1S/C16H14BrFN2/c1-16(2,10-6-4-3-5-7-10)15-19-13-8-11(17)12(18)9-14(13)20-15/h3-9H,1-2H3,(H,19,20). The van der Waals surface area contributed by atoms with Crippen LogP contribution >= 0.6 is 15.9 Å². The van der Waals surface area contributed by atoms with E-state index in [1.807, 2.05) is 18.2 Å². The zero-order chi connectivity index (χ0) is 14.3. The average molecular weight is 333 g/mol. The molecular weight excluding hydrogens is 319 g/mol. The zero-order valence-corrected chi connectivity index (χ0v) is 12.8. The second-order valence-electron chi connectivity index (χ2n) is 5.36. The van der Waals surface area contributed by atoms with Crippen LogP contribution in [0, 0.1) is 5.82 Å². The first-order valence-corrected chi connectivity index (χ1v) is 7.18. The monoisotopic (exact) mass is 332 g/mol. The van der Waals surface area contributed by atoms with Crippen molar-refractivity contribution in [2.24, 2.45) is 0 Å². The number of nitrogens with zero attached hydrogens (tertiary/aromatic N) is 1. The number of fused-ring (bicyclic) bond motifs is 1. The molecule has 2 nitrogen and oxygen atoms in total. The second kappa shape index (κ2) is 4.70. The summed E-state index contributed by atoms with van der Waals surface area (Å²) >= 11 is 3.19. The SMILES string of the molecule is CC(C)(c1ccccc1)c1nc2cc(Br)c(F)cc2[nH]1. The number of hydrogen-bond acceptors (Lipinski definition) is 1. The predicted octanol–water partition coefficient (Wildman–Crippen LogP) is 4.79. The van der Waals surface area contributed by atoms with E-state index in [-0.39, 0.29) is 11.2 Å². The number of imidazole rings is 1. The van der Waals surface area contributed by atoms with Crippen LogP contribution in [-0.2, 0) is 5.41 Å². The fraction of sp³-hybridized carbons (Fsp3) is 0.188. The molecule has 0 radical (unpaired) electrons. The molecule has 0 aliphatic rings. The van der Waals surface area contributed by atoms with Gasteiger partial charge in [0, 0.05) is 11.5 Å². The molecule has 102 valence electrons. The van der Waals surface area contributed by atoms with E-state index in [1.54, 1.807) is 6.07 Å². The number of H-pyrrole nitrogens is 1. The topological polar surface area (TPSA) is 28.7 Å². The maximum absolute atomic E-state index is 13.6. The highest BCUT2D eigenvalue weighted by Gasteiger charge is 2.26. The van der Waals surface area contributed by atoms with Gasteiger partial charge in [-0.2, -0.15) is 0 Å². The first-order valence-electron chi connectivity index (χ1n) is 6.39. The van der Waals surface area contributed by atoms with Crippen LogP contribution in [0.2, 0.25) is 0 Å². The number of halogens is 2. The maximum atomic E-state index is 13.6. The Kier molecular flexibility index (Phi) is 3.13. The lowest BCUT2D eigenvalue weighted by Crippen LogP contribution is -2.20. The van der Waals surface area contributed by atoms with Gasteiger partial charge in [0.15, 0.2) is 0 Å². The van der Waals surface area contributed by atoms with E-state index in [9.17, 15) is 4.39 Å². The smallest absolute Gasteiger partial charge is 0.139 e. The molecule has 0 atom stereocenters. The molecule has 2 aromatic carbocycles. The highest BCUT2D eigenvalue weighted by atomic mass is 79.9. The van der Waals surface area contributed by atoms with Crippen molar-refractivity contribution < 1.29 is 4.39 Å². The molecule has 0 bridgehead atoms. The van der Waals surface area contributed by atoms with E-state index in [2.05, 4.69) is 51.9 Å². The lowest BCUT2D eigenvalue weighted by atomic mass is 9.84. The third kappa shape index (κ3) is 2.14. The third-order valence-corrected chi connectivity index (χ3v) is 4.22. The summed E-state index contributed by atoms with van der Waals surface area (Å²) < 4.78 is 14.0. The summed E-state index contributed by atoms with van der Waals surface area (Å²) in [6.07, 6.45) is 0. The van der Waals surface area contributed by atoms with Crippen LogP contribution in [-0.4, -0.2) is 9.97 Å². The van der Waals surface area contributed by atoms with Crippen LogP contribution in [0.5, 0.6) is 0 Å². The number of aromatic amines is 1. The minimum absolute atomic E-state index is 0.261. The Hall–Kier alpha value is -1.68. The summed E-state index contributed by atoms with van der Waals surface area (Å²) in [5, 5.41) is 0. The number of rotatable bonds is 2. The summed E-state index contributed by atoms with van der Waals surface area (Å²) in [6.45, 7) is 4.21. The molecule has 0 fully saturated rings. The molecule has 0 unspecified atom stereocenters. The summed E-state index contributed by atoms with van der Waals surface area (Å²) in [5.74, 6) is 0.543. The van der Waals surface area contributed by atoms with Crippen LogP contribution < -0.4 is 0 Å². The molecule has 20 heavy (non-hydrogen) atoms. The summed E-state index contributed by atoms with van der Waals surface area (Å²) in [6, 6.07) is 13.3. The minimum Gasteiger partial charge on any atom is -0.341 e. The number of nitrogens with one attached hydrogen (secondary N) is 1. The van der Waals surface area contributed by atoms with Gasteiger partial charge in [-0.25, -0.2) is 9.37 Å². The Morgan fingerprint density at radius 2 is 1.85 bits per heavy atom. The molecular formula is C16H14BrFN2. The lowest BCUT2D eigenvalue weighted by Gasteiger charge is -2.22. The van der Waals surface area contributed by atoms with E-state index < -0.39 is 0 Å². The normalized spacial score (nSPS) is 12.0. The molecule has 1 aromatic heterocycles. The fourth-order valence-corrected chi connectivity index (χ4v) is 2.62. The van der Waals surface area contributed by atoms with Gasteiger partial charge in [-0.05, 0) is 41.4 Å². The van der Waals surface area contributed by atoms with Gasteiger partial charge in [0.05, 0.1) is 15.5 Å². The average Bonchev–Trinajstić information content (AvgIpc) is 2.84. The van der Waals surface area contributed by atoms with Crippen molar-refractivity contribution in [2.75, 3.05) is 0 Å². The molecule has 0 saturated carbocycles. The summed E-state index contributed by atoms with van der Waals surface area (Å²) in [7, 11) is 0. The maximum Gasteiger partial charge on any atom is 0.139 e. The van der Waals surface area contributed by atoms with Crippen molar-refractivity contribution >= 4 is 27.0 Å². The van der Waals surface area contributed by atoms with Gasteiger partial charge in [-0.1, -0.05) is 30.3 Å². The van der Waals surface area contributed by atoms with Gasteiger partial charge < -0.3 is 4.98 Å². The minimum atomic E-state index is -0.287. The van der Waals surface area contributed by atoms with E-state index in [0.717, 1.165) is 11.3 Å². The van der Waals surface area contributed by atoms with E-state index in [4.69, 9.17) is 0 Å². The quantitative estimate of drug-likeness (QED) is 0.718. The molecule has 0 aliphatic carbocycles. The molecule has 0 spiro atoms.